The Morgan fingerprint density at radius 3 is 2.59 bits per heavy atom. The van der Waals surface area contributed by atoms with E-state index in [4.69, 9.17) is 4.74 Å². The Kier molecular flexibility index (Phi) is 15.6. The van der Waals surface area contributed by atoms with E-state index in [1.165, 1.54) is 0 Å². The zero-order valence-electron chi connectivity index (χ0n) is 18.5. The predicted octanol–water partition coefficient (Wildman–Crippen LogP) is 2.07. The lowest BCUT2D eigenvalue weighted by Gasteiger charge is -2.16. The number of carbonyl (C=O) groups excluding carboxylic acids is 1. The van der Waals surface area contributed by atoms with Crippen molar-refractivity contribution >= 4 is 35.8 Å². The summed E-state index contributed by atoms with van der Waals surface area (Å²) in [6.07, 6.45) is 1.86. The van der Waals surface area contributed by atoms with Gasteiger partial charge in [-0.3, -0.25) is 9.79 Å². The number of halogens is 1. The van der Waals surface area contributed by atoms with Crippen molar-refractivity contribution < 1.29 is 9.53 Å². The Labute approximate surface area is 193 Å². The lowest BCUT2D eigenvalue weighted by Crippen LogP contribution is -2.39. The number of rotatable bonds is 12. The summed E-state index contributed by atoms with van der Waals surface area (Å²) in [4.78, 5) is 20.6. The molecule has 1 rings (SSSR count). The van der Waals surface area contributed by atoms with Gasteiger partial charge < -0.3 is 25.2 Å². The van der Waals surface area contributed by atoms with Crippen LogP contribution in [0.2, 0.25) is 0 Å². The second-order valence-corrected chi connectivity index (χ2v) is 6.99. The minimum Gasteiger partial charge on any atom is -0.385 e. The molecule has 0 aliphatic rings. The van der Waals surface area contributed by atoms with Crippen LogP contribution in [0.15, 0.2) is 29.3 Å². The van der Waals surface area contributed by atoms with Crippen LogP contribution in [0, 0.1) is 0 Å². The molecule has 1 aromatic carbocycles. The van der Waals surface area contributed by atoms with E-state index in [-0.39, 0.29) is 29.9 Å². The van der Waals surface area contributed by atoms with Crippen molar-refractivity contribution in [2.75, 3.05) is 67.6 Å². The Balaban J connectivity index is 0.00000784. The molecule has 2 N–H and O–H groups in total. The number of hydrogen-bond acceptors (Lipinski definition) is 4. The van der Waals surface area contributed by atoms with E-state index in [0.717, 1.165) is 69.3 Å². The van der Waals surface area contributed by atoms with Crippen molar-refractivity contribution in [2.45, 2.75) is 19.8 Å². The summed E-state index contributed by atoms with van der Waals surface area (Å²) in [7, 11) is 7.37. The molecule has 0 bridgehead atoms. The number of ether oxygens (including phenoxy) is 1. The SMILES string of the molecule is CCNC(=NCCN(C)CCCOC)NCCc1cccc(C(=O)N(C)C)c1.I. The number of amides is 1. The number of carbonyl (C=O) groups is 1. The van der Waals surface area contributed by atoms with Crippen molar-refractivity contribution in [1.82, 2.24) is 20.4 Å². The van der Waals surface area contributed by atoms with Gasteiger partial charge in [-0.05, 0) is 44.5 Å². The van der Waals surface area contributed by atoms with Crippen LogP contribution in [0.3, 0.4) is 0 Å². The highest BCUT2D eigenvalue weighted by molar-refractivity contribution is 14.0. The highest BCUT2D eigenvalue weighted by Gasteiger charge is 2.08. The van der Waals surface area contributed by atoms with Crippen LogP contribution in [-0.2, 0) is 11.2 Å². The average molecular weight is 519 g/mol. The Morgan fingerprint density at radius 1 is 1.17 bits per heavy atom. The van der Waals surface area contributed by atoms with Crippen LogP contribution < -0.4 is 10.6 Å². The zero-order chi connectivity index (χ0) is 20.8. The van der Waals surface area contributed by atoms with Crippen molar-refractivity contribution in [1.29, 1.82) is 0 Å². The lowest BCUT2D eigenvalue weighted by molar-refractivity contribution is 0.0827. The topological polar surface area (TPSA) is 69.2 Å². The first kappa shape index (κ1) is 27.6. The molecule has 1 aromatic rings. The molecular formula is C21H38IN5O2. The van der Waals surface area contributed by atoms with E-state index in [0.29, 0.717) is 0 Å². The van der Waals surface area contributed by atoms with E-state index < -0.39 is 0 Å². The predicted molar refractivity (Wildman–Crippen MR) is 132 cm³/mol. The highest BCUT2D eigenvalue weighted by Crippen LogP contribution is 2.07. The lowest BCUT2D eigenvalue weighted by atomic mass is 10.1. The van der Waals surface area contributed by atoms with E-state index in [2.05, 4.69) is 34.5 Å². The molecule has 0 heterocycles. The number of aliphatic imine (C=N–C) groups is 1. The van der Waals surface area contributed by atoms with Crippen molar-refractivity contribution in [3.05, 3.63) is 35.4 Å². The quantitative estimate of drug-likeness (QED) is 0.192. The van der Waals surface area contributed by atoms with Gasteiger partial charge in [-0.25, -0.2) is 0 Å². The molecule has 0 saturated heterocycles. The van der Waals surface area contributed by atoms with Crippen LogP contribution >= 0.6 is 24.0 Å². The van der Waals surface area contributed by atoms with Crippen LogP contribution in [0.5, 0.6) is 0 Å². The number of methoxy groups -OCH3 is 1. The summed E-state index contributed by atoms with van der Waals surface area (Å²) in [6.45, 7) is 7.09. The summed E-state index contributed by atoms with van der Waals surface area (Å²) < 4.78 is 5.08. The fraction of sp³-hybridized carbons (Fsp3) is 0.619. The molecule has 0 fully saturated rings. The van der Waals surface area contributed by atoms with Crippen LogP contribution in [0.4, 0.5) is 0 Å². The van der Waals surface area contributed by atoms with Gasteiger partial charge in [0.1, 0.15) is 0 Å². The molecule has 0 saturated carbocycles. The maximum Gasteiger partial charge on any atom is 0.253 e. The minimum absolute atomic E-state index is 0. The summed E-state index contributed by atoms with van der Waals surface area (Å²) >= 11 is 0. The van der Waals surface area contributed by atoms with E-state index in [1.54, 1.807) is 26.1 Å². The third-order valence-corrected chi connectivity index (χ3v) is 4.27. The highest BCUT2D eigenvalue weighted by atomic mass is 127. The zero-order valence-corrected chi connectivity index (χ0v) is 20.9. The molecule has 0 aliphatic carbocycles. The third-order valence-electron chi connectivity index (χ3n) is 4.27. The molecule has 0 aromatic heterocycles. The molecule has 0 atom stereocenters. The second-order valence-electron chi connectivity index (χ2n) is 6.99. The van der Waals surface area contributed by atoms with Gasteiger partial charge in [-0.1, -0.05) is 12.1 Å². The Bertz CT molecular complexity index is 610. The van der Waals surface area contributed by atoms with Gasteiger partial charge >= 0.3 is 0 Å². The third kappa shape index (κ3) is 12.0. The normalized spacial score (nSPS) is 11.2. The van der Waals surface area contributed by atoms with Crippen LogP contribution in [0.1, 0.15) is 29.3 Å². The summed E-state index contributed by atoms with van der Waals surface area (Å²) in [5, 5.41) is 6.65. The maximum absolute atomic E-state index is 12.1. The molecular weight excluding hydrogens is 481 g/mol. The number of hydrogen-bond donors (Lipinski definition) is 2. The Hall–Kier alpha value is -1.39. The van der Waals surface area contributed by atoms with Crippen LogP contribution in [0.25, 0.3) is 0 Å². The number of likely N-dealkylation sites (N-methyl/N-ethyl adjacent to an activating group) is 1. The van der Waals surface area contributed by atoms with Crippen molar-refractivity contribution in [3.8, 4) is 0 Å². The maximum atomic E-state index is 12.1. The Morgan fingerprint density at radius 2 is 1.93 bits per heavy atom. The molecule has 7 nitrogen and oxygen atoms in total. The van der Waals surface area contributed by atoms with Gasteiger partial charge in [0.15, 0.2) is 5.96 Å². The van der Waals surface area contributed by atoms with Gasteiger partial charge in [-0.15, -0.1) is 24.0 Å². The number of guanidine groups is 1. The van der Waals surface area contributed by atoms with Crippen molar-refractivity contribution in [3.63, 3.8) is 0 Å². The molecule has 1 amide bonds. The number of nitrogens with zero attached hydrogens (tertiary/aromatic N) is 3. The molecule has 29 heavy (non-hydrogen) atoms. The largest absolute Gasteiger partial charge is 0.385 e. The fourth-order valence-corrected chi connectivity index (χ4v) is 2.71. The fourth-order valence-electron chi connectivity index (χ4n) is 2.71. The molecule has 166 valence electrons. The minimum atomic E-state index is 0. The second kappa shape index (κ2) is 16.4. The first-order valence-corrected chi connectivity index (χ1v) is 9.98. The van der Waals surface area contributed by atoms with Gasteiger partial charge in [-0.2, -0.15) is 0 Å². The summed E-state index contributed by atoms with van der Waals surface area (Å²) in [5.41, 5.74) is 1.86. The molecule has 0 unspecified atom stereocenters. The standard InChI is InChI=1S/C21H37N5O2.HI/c1-6-22-21(24-13-15-26(4)14-8-16-28-5)23-12-11-18-9-7-10-19(17-18)20(27)25(2)3;/h7,9-10,17H,6,8,11-16H2,1-5H3,(H2,22,23,24);1H. The number of nitrogens with one attached hydrogen (secondary N) is 2. The molecule has 0 radical (unpaired) electrons. The molecule has 0 spiro atoms. The molecule has 0 aliphatic heterocycles. The van der Waals surface area contributed by atoms with Gasteiger partial charge in [0.05, 0.1) is 6.54 Å². The smallest absolute Gasteiger partial charge is 0.253 e. The van der Waals surface area contributed by atoms with Gasteiger partial charge in [0.2, 0.25) is 0 Å². The van der Waals surface area contributed by atoms with E-state index in [9.17, 15) is 4.79 Å². The summed E-state index contributed by atoms with van der Waals surface area (Å²) in [5.74, 6) is 0.854. The number of benzene rings is 1. The van der Waals surface area contributed by atoms with Gasteiger partial charge in [0.25, 0.3) is 5.91 Å². The van der Waals surface area contributed by atoms with Crippen LogP contribution in [-0.4, -0.2) is 89.3 Å². The average Bonchev–Trinajstić information content (AvgIpc) is 2.67. The monoisotopic (exact) mass is 519 g/mol. The van der Waals surface area contributed by atoms with Crippen molar-refractivity contribution in [2.24, 2.45) is 4.99 Å². The first-order valence-electron chi connectivity index (χ1n) is 9.98. The van der Waals surface area contributed by atoms with E-state index in [1.807, 2.05) is 24.3 Å². The first-order chi connectivity index (χ1) is 13.5. The molecule has 8 heteroatoms. The summed E-state index contributed by atoms with van der Waals surface area (Å²) in [6, 6.07) is 7.80. The van der Waals surface area contributed by atoms with E-state index >= 15 is 0 Å². The van der Waals surface area contributed by atoms with Gasteiger partial charge in [0, 0.05) is 59.6 Å².